The highest BCUT2D eigenvalue weighted by atomic mass is 16.5. The Morgan fingerprint density at radius 1 is 1.11 bits per heavy atom. The van der Waals surface area contributed by atoms with Crippen LogP contribution in [-0.4, -0.2) is 17.7 Å². The van der Waals surface area contributed by atoms with Crippen LogP contribution in [0.1, 0.15) is 26.3 Å². The summed E-state index contributed by atoms with van der Waals surface area (Å²) < 4.78 is 6.06. The van der Waals surface area contributed by atoms with Gasteiger partial charge >= 0.3 is 5.97 Å². The van der Waals surface area contributed by atoms with Crippen molar-refractivity contribution in [2.24, 2.45) is 5.41 Å². The highest BCUT2D eigenvalue weighted by Crippen LogP contribution is 2.38. The Labute approximate surface area is 160 Å². The predicted molar refractivity (Wildman–Crippen MR) is 110 cm³/mol. The van der Waals surface area contributed by atoms with E-state index in [2.05, 4.69) is 44.2 Å². The molecule has 0 spiro atoms. The average molecular weight is 360 g/mol. The van der Waals surface area contributed by atoms with E-state index in [0.717, 1.165) is 28.0 Å². The van der Waals surface area contributed by atoms with Gasteiger partial charge in [-0.1, -0.05) is 68.5 Å². The van der Waals surface area contributed by atoms with Crippen molar-refractivity contribution in [2.45, 2.75) is 20.8 Å². The molecular weight excluding hydrogens is 336 g/mol. The largest absolute Gasteiger partial charge is 0.492 e. The average Bonchev–Trinajstić information content (AvgIpc) is 2.76. The lowest BCUT2D eigenvalue weighted by molar-refractivity contribution is -0.131. The summed E-state index contributed by atoms with van der Waals surface area (Å²) >= 11 is 0. The van der Waals surface area contributed by atoms with Crippen LogP contribution in [0.4, 0.5) is 0 Å². The fraction of sp³-hybridized carbons (Fsp3) is 0.208. The third-order valence-electron chi connectivity index (χ3n) is 4.42. The molecule has 0 aromatic heterocycles. The predicted octanol–water partition coefficient (Wildman–Crippen LogP) is 5.74. The first-order valence-electron chi connectivity index (χ1n) is 8.99. The zero-order chi connectivity index (χ0) is 19.4. The van der Waals surface area contributed by atoms with E-state index >= 15 is 0 Å². The number of carboxylic acid groups (broad SMARTS) is 1. The number of hydrogen-bond donors (Lipinski definition) is 1. The highest BCUT2D eigenvalue weighted by molar-refractivity contribution is 5.84. The molecule has 2 aromatic rings. The quantitative estimate of drug-likeness (QED) is 0.558. The normalized spacial score (nSPS) is 16.3. The van der Waals surface area contributed by atoms with Gasteiger partial charge in [0, 0.05) is 17.1 Å². The monoisotopic (exact) mass is 360 g/mol. The minimum Gasteiger partial charge on any atom is -0.492 e. The molecular formula is C24H24O3. The molecule has 0 atom stereocenters. The molecule has 0 saturated heterocycles. The lowest BCUT2D eigenvalue weighted by atomic mass is 9.89. The zero-order valence-electron chi connectivity index (χ0n) is 15.9. The Hall–Kier alpha value is -3.07. The first-order valence-corrected chi connectivity index (χ1v) is 8.99. The van der Waals surface area contributed by atoms with Gasteiger partial charge in [0.15, 0.2) is 0 Å². The summed E-state index contributed by atoms with van der Waals surface area (Å²) in [6.45, 7) is 6.63. The molecule has 1 heterocycles. The first-order chi connectivity index (χ1) is 12.8. The summed E-state index contributed by atoms with van der Waals surface area (Å²) in [5.74, 6) is -0.0987. The second-order valence-electron chi connectivity index (χ2n) is 7.51. The molecule has 0 unspecified atom stereocenters. The van der Waals surface area contributed by atoms with Gasteiger partial charge in [-0.05, 0) is 41.3 Å². The number of ether oxygens (including phenoxy) is 1. The Balaban J connectivity index is 2.07. The fourth-order valence-electron chi connectivity index (χ4n) is 3.10. The maximum absolute atomic E-state index is 10.9. The van der Waals surface area contributed by atoms with Crippen molar-refractivity contribution in [1.82, 2.24) is 0 Å². The standard InChI is InChI=1S/C24H24O3/c1-17(13-23(25)26)9-10-20-15-24(2,3)16-27-22-12-11-19(14-21(20)22)18-7-5-4-6-8-18/h4-15H,16H2,1-3H3,(H,25,26)/b10-9+,17-13+. The first kappa shape index (κ1) is 18.7. The Kier molecular flexibility index (Phi) is 5.31. The van der Waals surface area contributed by atoms with E-state index in [9.17, 15) is 4.79 Å². The maximum Gasteiger partial charge on any atom is 0.328 e. The van der Waals surface area contributed by atoms with Gasteiger partial charge in [-0.15, -0.1) is 0 Å². The molecule has 2 aromatic carbocycles. The van der Waals surface area contributed by atoms with Crippen molar-refractivity contribution < 1.29 is 14.6 Å². The van der Waals surface area contributed by atoms with Crippen LogP contribution < -0.4 is 4.74 Å². The van der Waals surface area contributed by atoms with Gasteiger partial charge in [-0.2, -0.15) is 0 Å². The van der Waals surface area contributed by atoms with Crippen molar-refractivity contribution in [1.29, 1.82) is 0 Å². The topological polar surface area (TPSA) is 46.5 Å². The minimum absolute atomic E-state index is 0.129. The van der Waals surface area contributed by atoms with Gasteiger partial charge in [0.05, 0.1) is 6.61 Å². The van der Waals surface area contributed by atoms with Gasteiger partial charge in [0.25, 0.3) is 0 Å². The summed E-state index contributed by atoms with van der Waals surface area (Å²) in [6, 6.07) is 16.5. The summed E-state index contributed by atoms with van der Waals surface area (Å²) in [7, 11) is 0. The van der Waals surface area contributed by atoms with E-state index < -0.39 is 5.97 Å². The lowest BCUT2D eigenvalue weighted by Crippen LogP contribution is -2.17. The van der Waals surface area contributed by atoms with Gasteiger partial charge < -0.3 is 9.84 Å². The third kappa shape index (κ3) is 4.76. The molecule has 0 aliphatic carbocycles. The van der Waals surface area contributed by atoms with E-state index in [1.54, 1.807) is 6.92 Å². The summed E-state index contributed by atoms with van der Waals surface area (Å²) in [4.78, 5) is 10.9. The maximum atomic E-state index is 10.9. The second kappa shape index (κ2) is 7.67. The zero-order valence-corrected chi connectivity index (χ0v) is 15.9. The molecule has 0 amide bonds. The van der Waals surface area contributed by atoms with E-state index in [-0.39, 0.29) is 5.41 Å². The van der Waals surface area contributed by atoms with E-state index in [1.165, 1.54) is 6.08 Å². The molecule has 3 nitrogen and oxygen atoms in total. The SMILES string of the molecule is CC(/C=C/C1=CC(C)(C)COc2ccc(-c3ccccc3)cc21)=C\C(=O)O. The van der Waals surface area contributed by atoms with E-state index in [1.807, 2.05) is 36.4 Å². The molecule has 1 N–H and O–H groups in total. The number of rotatable bonds is 4. The molecule has 1 aliphatic heterocycles. The Bertz CT molecular complexity index is 931. The van der Waals surface area contributed by atoms with Crippen LogP contribution in [0.15, 0.2) is 78.4 Å². The van der Waals surface area contributed by atoms with Crippen molar-refractivity contribution >= 4 is 11.5 Å². The van der Waals surface area contributed by atoms with Crippen LogP contribution in [0.2, 0.25) is 0 Å². The van der Waals surface area contributed by atoms with Crippen LogP contribution in [0.25, 0.3) is 16.7 Å². The molecule has 1 aliphatic rings. The Morgan fingerprint density at radius 2 is 1.85 bits per heavy atom. The number of fused-ring (bicyclic) bond motifs is 1. The van der Waals surface area contributed by atoms with Crippen LogP contribution in [0, 0.1) is 5.41 Å². The summed E-state index contributed by atoms with van der Waals surface area (Å²) in [6.07, 6.45) is 7.20. The molecule has 0 bridgehead atoms. The van der Waals surface area contributed by atoms with Crippen LogP contribution in [0.3, 0.4) is 0 Å². The van der Waals surface area contributed by atoms with Crippen molar-refractivity contribution in [3.8, 4) is 16.9 Å². The van der Waals surface area contributed by atoms with Crippen molar-refractivity contribution in [2.75, 3.05) is 6.61 Å². The number of allylic oxidation sites excluding steroid dienone is 4. The number of aliphatic carboxylic acids is 1. The molecule has 3 rings (SSSR count). The smallest absolute Gasteiger partial charge is 0.328 e. The van der Waals surface area contributed by atoms with Crippen LogP contribution >= 0.6 is 0 Å². The van der Waals surface area contributed by atoms with Crippen LogP contribution in [0.5, 0.6) is 5.75 Å². The molecule has 0 fully saturated rings. The minimum atomic E-state index is -0.942. The fourth-order valence-corrected chi connectivity index (χ4v) is 3.10. The van der Waals surface area contributed by atoms with Gasteiger partial charge in [-0.25, -0.2) is 4.79 Å². The van der Waals surface area contributed by atoms with Crippen molar-refractivity contribution in [3.05, 3.63) is 84.0 Å². The van der Waals surface area contributed by atoms with Gasteiger partial charge in [0.2, 0.25) is 0 Å². The van der Waals surface area contributed by atoms with E-state index in [4.69, 9.17) is 9.84 Å². The van der Waals surface area contributed by atoms with Gasteiger partial charge in [-0.3, -0.25) is 0 Å². The molecule has 3 heteroatoms. The van der Waals surface area contributed by atoms with Crippen LogP contribution in [-0.2, 0) is 4.79 Å². The van der Waals surface area contributed by atoms with Gasteiger partial charge in [0.1, 0.15) is 5.75 Å². The highest BCUT2D eigenvalue weighted by Gasteiger charge is 2.23. The molecule has 138 valence electrons. The number of benzene rings is 2. The second-order valence-corrected chi connectivity index (χ2v) is 7.51. The number of hydrogen-bond acceptors (Lipinski definition) is 2. The van der Waals surface area contributed by atoms with Crippen molar-refractivity contribution in [3.63, 3.8) is 0 Å². The third-order valence-corrected chi connectivity index (χ3v) is 4.42. The lowest BCUT2D eigenvalue weighted by Gasteiger charge is -2.18. The summed E-state index contributed by atoms with van der Waals surface area (Å²) in [5, 5.41) is 8.92. The number of carbonyl (C=O) groups is 1. The molecule has 27 heavy (non-hydrogen) atoms. The number of carboxylic acids is 1. The molecule has 0 radical (unpaired) electrons. The molecule has 0 saturated carbocycles. The van der Waals surface area contributed by atoms with E-state index in [0.29, 0.717) is 12.2 Å². The Morgan fingerprint density at radius 3 is 2.56 bits per heavy atom. The summed E-state index contributed by atoms with van der Waals surface area (Å²) in [5.41, 5.74) is 4.87.